The first-order valence-electron chi connectivity index (χ1n) is 6.37. The number of nitrogens with one attached hydrogen (secondary N) is 1. The van der Waals surface area contributed by atoms with Crippen LogP contribution in [-0.2, 0) is 4.79 Å². The normalized spacial score (nSPS) is 12.7. The summed E-state index contributed by atoms with van der Waals surface area (Å²) in [5.74, 6) is -0.0849. The maximum Gasteiger partial charge on any atom is 0.269 e. The molecule has 0 radical (unpaired) electrons. The number of benzene rings is 1. The van der Waals surface area contributed by atoms with Crippen LogP contribution in [0.1, 0.15) is 20.8 Å². The van der Waals surface area contributed by atoms with Crippen molar-refractivity contribution >= 4 is 17.3 Å². The Morgan fingerprint density at radius 3 is 2.15 bits per heavy atom. The Morgan fingerprint density at radius 2 is 1.80 bits per heavy atom. The topological polar surface area (TPSA) is 75.5 Å². The molecular formula is C14H21N3O3. The van der Waals surface area contributed by atoms with Crippen LogP contribution in [0.2, 0.25) is 0 Å². The Bertz CT molecular complexity index is 491. The molecule has 0 aromatic heterocycles. The van der Waals surface area contributed by atoms with E-state index in [2.05, 4.69) is 5.32 Å². The lowest BCUT2D eigenvalue weighted by atomic mass is 9.85. The quantitative estimate of drug-likeness (QED) is 0.677. The van der Waals surface area contributed by atoms with Crippen LogP contribution < -0.4 is 10.2 Å². The van der Waals surface area contributed by atoms with Gasteiger partial charge in [0, 0.05) is 31.9 Å². The third-order valence-corrected chi connectivity index (χ3v) is 3.17. The fourth-order valence-corrected chi connectivity index (χ4v) is 2.25. The number of likely N-dealkylation sites (N-methyl/N-ethyl adjacent to an activating group) is 2. The van der Waals surface area contributed by atoms with E-state index in [0.29, 0.717) is 0 Å². The molecule has 0 heterocycles. The van der Waals surface area contributed by atoms with Crippen molar-refractivity contribution in [1.82, 2.24) is 5.32 Å². The average molecular weight is 279 g/mol. The summed E-state index contributed by atoms with van der Waals surface area (Å²) in [5, 5.41) is 13.3. The highest BCUT2D eigenvalue weighted by Crippen LogP contribution is 2.28. The van der Waals surface area contributed by atoms with Crippen molar-refractivity contribution in [3.05, 3.63) is 34.4 Å². The zero-order chi connectivity index (χ0) is 15.5. The fraction of sp³-hybridized carbons (Fsp3) is 0.500. The van der Waals surface area contributed by atoms with Crippen LogP contribution in [-0.4, -0.2) is 31.0 Å². The van der Waals surface area contributed by atoms with Crippen LogP contribution in [0, 0.1) is 15.5 Å². The van der Waals surface area contributed by atoms with Crippen molar-refractivity contribution in [2.24, 2.45) is 5.41 Å². The Kier molecular flexibility index (Phi) is 4.70. The predicted octanol–water partition coefficient (Wildman–Crippen LogP) is 2.19. The predicted molar refractivity (Wildman–Crippen MR) is 78.8 cm³/mol. The molecule has 6 heteroatoms. The van der Waals surface area contributed by atoms with E-state index >= 15 is 0 Å². The minimum Gasteiger partial charge on any atom is -0.362 e. The number of nitro benzene ring substituents is 1. The standard InChI is InChI=1S/C14H21N3O3/c1-14(2,3)12(13(18)15-4)16(5)10-6-8-11(9-7-10)17(19)20/h6-9,12H,1-5H3,(H,15,18). The number of amides is 1. The second kappa shape index (κ2) is 5.90. The third-order valence-electron chi connectivity index (χ3n) is 3.17. The highest BCUT2D eigenvalue weighted by Gasteiger charge is 2.34. The lowest BCUT2D eigenvalue weighted by Gasteiger charge is -2.37. The molecule has 20 heavy (non-hydrogen) atoms. The number of carbonyl (C=O) groups is 1. The van der Waals surface area contributed by atoms with E-state index in [1.54, 1.807) is 19.2 Å². The summed E-state index contributed by atoms with van der Waals surface area (Å²) < 4.78 is 0. The van der Waals surface area contributed by atoms with Crippen molar-refractivity contribution in [3.63, 3.8) is 0 Å². The molecule has 1 aromatic carbocycles. The van der Waals surface area contributed by atoms with Gasteiger partial charge in [-0.25, -0.2) is 0 Å². The van der Waals surface area contributed by atoms with E-state index in [1.165, 1.54) is 12.1 Å². The second-order valence-corrected chi connectivity index (χ2v) is 5.77. The van der Waals surface area contributed by atoms with Gasteiger partial charge in [-0.1, -0.05) is 20.8 Å². The molecule has 0 aliphatic heterocycles. The molecule has 1 aromatic rings. The summed E-state index contributed by atoms with van der Waals surface area (Å²) in [4.78, 5) is 24.1. The molecule has 0 aliphatic carbocycles. The van der Waals surface area contributed by atoms with Gasteiger partial charge in [-0.05, 0) is 17.5 Å². The molecule has 6 nitrogen and oxygen atoms in total. The van der Waals surface area contributed by atoms with Crippen molar-refractivity contribution in [3.8, 4) is 0 Å². The number of non-ortho nitro benzene ring substituents is 1. The number of rotatable bonds is 4. The molecule has 0 spiro atoms. The first kappa shape index (κ1) is 15.9. The minimum atomic E-state index is -0.441. The van der Waals surface area contributed by atoms with Crippen LogP contribution in [0.15, 0.2) is 24.3 Å². The molecular weight excluding hydrogens is 258 g/mol. The minimum absolute atomic E-state index is 0.0365. The van der Waals surface area contributed by atoms with Gasteiger partial charge >= 0.3 is 0 Å². The van der Waals surface area contributed by atoms with Gasteiger partial charge in [0.1, 0.15) is 6.04 Å². The van der Waals surface area contributed by atoms with Gasteiger partial charge in [0.15, 0.2) is 0 Å². The van der Waals surface area contributed by atoms with Gasteiger partial charge < -0.3 is 10.2 Å². The maximum absolute atomic E-state index is 12.1. The molecule has 0 saturated heterocycles. The molecule has 1 unspecified atom stereocenters. The summed E-state index contributed by atoms with van der Waals surface area (Å²) >= 11 is 0. The Balaban J connectivity index is 3.09. The second-order valence-electron chi connectivity index (χ2n) is 5.77. The van der Waals surface area contributed by atoms with Crippen molar-refractivity contribution in [1.29, 1.82) is 0 Å². The number of carbonyl (C=O) groups excluding carboxylic acids is 1. The first-order chi connectivity index (χ1) is 9.18. The highest BCUT2D eigenvalue weighted by molar-refractivity contribution is 5.85. The lowest BCUT2D eigenvalue weighted by molar-refractivity contribution is -0.384. The van der Waals surface area contributed by atoms with Gasteiger partial charge in [-0.15, -0.1) is 0 Å². The Hall–Kier alpha value is -2.11. The largest absolute Gasteiger partial charge is 0.362 e. The Labute approximate surface area is 118 Å². The zero-order valence-corrected chi connectivity index (χ0v) is 12.5. The molecule has 110 valence electrons. The van der Waals surface area contributed by atoms with Gasteiger partial charge in [-0.3, -0.25) is 14.9 Å². The van der Waals surface area contributed by atoms with Crippen LogP contribution in [0.25, 0.3) is 0 Å². The van der Waals surface area contributed by atoms with Gasteiger partial charge in [-0.2, -0.15) is 0 Å². The van der Waals surface area contributed by atoms with E-state index in [-0.39, 0.29) is 23.1 Å². The van der Waals surface area contributed by atoms with E-state index < -0.39 is 4.92 Å². The molecule has 0 bridgehead atoms. The van der Waals surface area contributed by atoms with Crippen molar-refractivity contribution in [2.45, 2.75) is 26.8 Å². The maximum atomic E-state index is 12.1. The van der Waals surface area contributed by atoms with Crippen LogP contribution in [0.5, 0.6) is 0 Å². The van der Waals surface area contributed by atoms with Crippen LogP contribution >= 0.6 is 0 Å². The molecule has 0 aliphatic rings. The van der Waals surface area contributed by atoms with Crippen LogP contribution in [0.4, 0.5) is 11.4 Å². The lowest BCUT2D eigenvalue weighted by Crippen LogP contribution is -2.51. The van der Waals surface area contributed by atoms with Crippen LogP contribution in [0.3, 0.4) is 0 Å². The van der Waals surface area contributed by atoms with Crippen molar-refractivity contribution < 1.29 is 9.72 Å². The molecule has 1 rings (SSSR count). The summed E-state index contributed by atoms with van der Waals surface area (Å²) in [6, 6.07) is 5.82. The van der Waals surface area contributed by atoms with E-state index in [4.69, 9.17) is 0 Å². The summed E-state index contributed by atoms with van der Waals surface area (Å²) in [7, 11) is 3.41. The summed E-state index contributed by atoms with van der Waals surface area (Å²) in [6.07, 6.45) is 0. The van der Waals surface area contributed by atoms with Gasteiger partial charge in [0.05, 0.1) is 4.92 Å². The SMILES string of the molecule is CNC(=O)C(N(C)c1ccc([N+](=O)[O-])cc1)C(C)(C)C. The summed E-state index contributed by atoms with van der Waals surface area (Å²) in [6.45, 7) is 5.94. The van der Waals surface area contributed by atoms with E-state index in [9.17, 15) is 14.9 Å². The van der Waals surface area contributed by atoms with Gasteiger partial charge in [0.2, 0.25) is 5.91 Å². The molecule has 0 saturated carbocycles. The molecule has 0 fully saturated rings. The first-order valence-corrected chi connectivity index (χ1v) is 6.37. The van der Waals surface area contributed by atoms with E-state index in [0.717, 1.165) is 5.69 Å². The highest BCUT2D eigenvalue weighted by atomic mass is 16.6. The van der Waals surface area contributed by atoms with Crippen molar-refractivity contribution in [2.75, 3.05) is 19.0 Å². The number of anilines is 1. The number of hydrogen-bond donors (Lipinski definition) is 1. The molecule has 1 amide bonds. The molecule has 1 atom stereocenters. The fourth-order valence-electron chi connectivity index (χ4n) is 2.25. The average Bonchev–Trinajstić information content (AvgIpc) is 2.37. The number of nitrogens with zero attached hydrogens (tertiary/aromatic N) is 2. The summed E-state index contributed by atoms with van der Waals surface area (Å²) in [5.41, 5.74) is 0.532. The molecule has 1 N–H and O–H groups in total. The number of nitro groups is 1. The smallest absolute Gasteiger partial charge is 0.269 e. The number of hydrogen-bond acceptors (Lipinski definition) is 4. The monoisotopic (exact) mass is 279 g/mol. The van der Waals surface area contributed by atoms with E-state index in [1.807, 2.05) is 32.7 Å². The van der Waals surface area contributed by atoms with Gasteiger partial charge in [0.25, 0.3) is 5.69 Å². The third kappa shape index (κ3) is 3.46. The Morgan fingerprint density at radius 1 is 1.30 bits per heavy atom. The zero-order valence-electron chi connectivity index (χ0n) is 12.5.